The van der Waals surface area contributed by atoms with Crippen LogP contribution in [0.1, 0.15) is 29.4 Å². The molecule has 0 aliphatic rings. The molecule has 2 heterocycles. The Morgan fingerprint density at radius 1 is 1.32 bits per heavy atom. The third-order valence-corrected chi connectivity index (χ3v) is 5.92. The Bertz CT molecular complexity index is 1160. The highest BCUT2D eigenvalue weighted by Gasteiger charge is 2.45. The van der Waals surface area contributed by atoms with Crippen molar-refractivity contribution in [3.63, 3.8) is 0 Å². The summed E-state index contributed by atoms with van der Waals surface area (Å²) in [4.78, 5) is 15.0. The molecule has 11 heteroatoms. The Hall–Kier alpha value is -3.08. The number of nitrogens with zero attached hydrogens (tertiary/aromatic N) is 4. The molecule has 1 amide bonds. The normalized spacial score (nSPS) is 12.3. The zero-order chi connectivity index (χ0) is 20.7. The van der Waals surface area contributed by atoms with Gasteiger partial charge in [-0.15, -0.1) is 0 Å². The first-order chi connectivity index (χ1) is 13.1. The van der Waals surface area contributed by atoms with Gasteiger partial charge in [0.1, 0.15) is 4.90 Å². The van der Waals surface area contributed by atoms with Crippen LogP contribution in [-0.4, -0.2) is 35.0 Å². The van der Waals surface area contributed by atoms with Gasteiger partial charge in [-0.25, -0.2) is 22.2 Å². The van der Waals surface area contributed by atoms with E-state index in [4.69, 9.17) is 5.73 Å². The van der Waals surface area contributed by atoms with E-state index in [0.717, 1.165) is 31.5 Å². The number of nitrogens with two attached hydrogens (primary N) is 1. The molecule has 2 aromatic heterocycles. The summed E-state index contributed by atoms with van der Waals surface area (Å²) in [6.45, 7) is 2.83. The molecule has 2 N–H and O–H groups in total. The second kappa shape index (κ2) is 6.82. The number of carbonyl (C=O) groups excluding carboxylic acids is 1. The van der Waals surface area contributed by atoms with Crippen molar-refractivity contribution in [2.45, 2.75) is 31.2 Å². The van der Waals surface area contributed by atoms with E-state index in [2.05, 4.69) is 10.1 Å². The van der Waals surface area contributed by atoms with Crippen molar-refractivity contribution < 1.29 is 22.0 Å². The van der Waals surface area contributed by atoms with Crippen molar-refractivity contribution in [1.29, 1.82) is 0 Å². The van der Waals surface area contributed by atoms with Crippen LogP contribution in [0.2, 0.25) is 0 Å². The van der Waals surface area contributed by atoms with Crippen LogP contribution < -0.4 is 10.0 Å². The van der Waals surface area contributed by atoms with Gasteiger partial charge in [0.05, 0.1) is 29.3 Å². The zero-order valence-corrected chi connectivity index (χ0v) is 15.8. The Labute approximate surface area is 159 Å². The average molecular weight is 409 g/mol. The number of rotatable bonds is 6. The lowest BCUT2D eigenvalue weighted by molar-refractivity contribution is 0.0105. The summed E-state index contributed by atoms with van der Waals surface area (Å²) in [6, 6.07) is 2.75. The van der Waals surface area contributed by atoms with E-state index in [0.29, 0.717) is 11.3 Å². The lowest BCUT2D eigenvalue weighted by atomic mass is 10.2. The van der Waals surface area contributed by atoms with Gasteiger partial charge in [-0.05, 0) is 19.1 Å². The van der Waals surface area contributed by atoms with Crippen LogP contribution in [-0.2, 0) is 10.0 Å². The van der Waals surface area contributed by atoms with Gasteiger partial charge in [0.2, 0.25) is 5.91 Å². The fourth-order valence-electron chi connectivity index (χ4n) is 2.73. The Morgan fingerprint density at radius 3 is 2.64 bits per heavy atom. The van der Waals surface area contributed by atoms with E-state index < -0.39 is 39.0 Å². The van der Waals surface area contributed by atoms with Crippen molar-refractivity contribution in [2.24, 2.45) is 5.73 Å². The van der Waals surface area contributed by atoms with Crippen molar-refractivity contribution in [1.82, 2.24) is 14.6 Å². The van der Waals surface area contributed by atoms with Crippen molar-refractivity contribution in [3.8, 4) is 0 Å². The fourth-order valence-corrected chi connectivity index (χ4v) is 4.48. The number of primary amides is 1. The molecule has 8 nitrogen and oxygen atoms in total. The van der Waals surface area contributed by atoms with Crippen LogP contribution in [0.25, 0.3) is 5.65 Å². The molecule has 3 rings (SSSR count). The van der Waals surface area contributed by atoms with Crippen LogP contribution in [0, 0.1) is 6.92 Å². The molecule has 28 heavy (non-hydrogen) atoms. The van der Waals surface area contributed by atoms with Crippen LogP contribution in [0.4, 0.5) is 14.5 Å². The number of aromatic nitrogens is 3. The maximum atomic E-state index is 14.8. The van der Waals surface area contributed by atoms with Crippen molar-refractivity contribution in [3.05, 3.63) is 54.0 Å². The van der Waals surface area contributed by atoms with E-state index in [1.807, 2.05) is 0 Å². The second-order valence-corrected chi connectivity index (χ2v) is 7.81. The number of benzene rings is 1. The lowest BCUT2D eigenvalue weighted by Crippen LogP contribution is -2.46. The van der Waals surface area contributed by atoms with E-state index in [-0.39, 0.29) is 9.87 Å². The predicted octanol–water partition coefficient (Wildman–Crippen LogP) is 2.33. The highest BCUT2D eigenvalue weighted by atomic mass is 32.2. The summed E-state index contributed by atoms with van der Waals surface area (Å²) in [6.07, 6.45) is 1.36. The summed E-state index contributed by atoms with van der Waals surface area (Å²) >= 11 is 0. The molecule has 0 saturated heterocycles. The number of sulfonamides is 1. The first kappa shape index (κ1) is 19.7. The Kier molecular flexibility index (Phi) is 4.79. The summed E-state index contributed by atoms with van der Waals surface area (Å²) in [7, 11) is -4.86. The molecule has 0 aliphatic heterocycles. The molecule has 148 valence electrons. The number of hydrogen-bond acceptors (Lipinski definition) is 5. The van der Waals surface area contributed by atoms with Gasteiger partial charge in [-0.2, -0.15) is 13.9 Å². The number of aryl methyl sites for hydroxylation is 1. The molecule has 0 radical (unpaired) electrons. The Balaban J connectivity index is 2.27. The first-order valence-corrected chi connectivity index (χ1v) is 9.66. The summed E-state index contributed by atoms with van der Waals surface area (Å²) in [5, 5.41) is 4.08. The number of fused-ring (bicyclic) bond motifs is 1. The number of anilines is 1. The molecule has 0 atom stereocenters. The van der Waals surface area contributed by atoms with Crippen LogP contribution in [0.5, 0.6) is 0 Å². The van der Waals surface area contributed by atoms with E-state index in [9.17, 15) is 22.0 Å². The third-order valence-electron chi connectivity index (χ3n) is 4.05. The predicted molar refractivity (Wildman–Crippen MR) is 97.6 cm³/mol. The van der Waals surface area contributed by atoms with Crippen LogP contribution in [0.15, 0.2) is 47.6 Å². The van der Waals surface area contributed by atoms with Crippen molar-refractivity contribution >= 4 is 27.3 Å². The lowest BCUT2D eigenvalue weighted by Gasteiger charge is -2.31. The van der Waals surface area contributed by atoms with Gasteiger partial charge in [0.15, 0.2) is 5.65 Å². The molecular formula is C17H17F2N5O3S. The quantitative estimate of drug-likeness (QED) is 0.628. The van der Waals surface area contributed by atoms with E-state index >= 15 is 0 Å². The Morgan fingerprint density at radius 2 is 2.00 bits per heavy atom. The van der Waals surface area contributed by atoms with Gasteiger partial charge >= 0.3 is 6.05 Å². The van der Waals surface area contributed by atoms with Gasteiger partial charge in [-0.1, -0.05) is 19.1 Å². The number of amides is 1. The first-order valence-electron chi connectivity index (χ1n) is 8.22. The number of hydrogen-bond donors (Lipinski definition) is 1. The average Bonchev–Trinajstić information content (AvgIpc) is 3.00. The molecule has 1 aromatic carbocycles. The second-order valence-electron chi connectivity index (χ2n) is 6.05. The molecule has 0 aliphatic carbocycles. The number of carbonyl (C=O) groups is 1. The highest BCUT2D eigenvalue weighted by Crippen LogP contribution is 2.36. The van der Waals surface area contributed by atoms with Crippen molar-refractivity contribution in [2.75, 3.05) is 4.31 Å². The molecule has 0 spiro atoms. The summed E-state index contributed by atoms with van der Waals surface area (Å²) in [5.41, 5.74) is 5.40. The maximum Gasteiger partial charge on any atom is 0.338 e. The largest absolute Gasteiger partial charge is 0.366 e. The van der Waals surface area contributed by atoms with Gasteiger partial charge in [-0.3, -0.25) is 4.79 Å². The minimum atomic E-state index is -4.86. The van der Waals surface area contributed by atoms with E-state index in [1.54, 1.807) is 13.0 Å². The standard InChI is InChI=1S/C17H17F2N5O3S/c1-3-17(18,19)24(12-9-21-15-8-11(2)22-23(15)10-12)28(26,27)14-7-5-4-6-13(14)16(20)25/h4-10H,3H2,1-2H3,(H2,20,25). The molecular weight excluding hydrogens is 392 g/mol. The molecule has 0 unspecified atom stereocenters. The maximum absolute atomic E-state index is 14.8. The number of alkyl halides is 2. The minimum absolute atomic E-state index is 0.0504. The SMILES string of the molecule is CCC(F)(F)N(c1cnc2cc(C)nn2c1)S(=O)(=O)c1ccccc1C(N)=O. The topological polar surface area (TPSA) is 111 Å². The third kappa shape index (κ3) is 3.28. The molecule has 0 saturated carbocycles. The smallest absolute Gasteiger partial charge is 0.338 e. The summed E-state index contributed by atoms with van der Waals surface area (Å²) in [5.74, 6) is -1.05. The monoisotopic (exact) mass is 409 g/mol. The van der Waals surface area contributed by atoms with Crippen LogP contribution in [0.3, 0.4) is 0 Å². The van der Waals surface area contributed by atoms with Crippen LogP contribution >= 0.6 is 0 Å². The van der Waals surface area contributed by atoms with Gasteiger partial charge in [0, 0.05) is 12.5 Å². The highest BCUT2D eigenvalue weighted by molar-refractivity contribution is 7.93. The summed E-state index contributed by atoms with van der Waals surface area (Å²) < 4.78 is 57.1. The molecule has 0 bridgehead atoms. The zero-order valence-electron chi connectivity index (χ0n) is 15.0. The fraction of sp³-hybridized carbons (Fsp3) is 0.235. The van der Waals surface area contributed by atoms with Gasteiger partial charge in [0.25, 0.3) is 10.0 Å². The molecule has 3 aromatic rings. The number of halogens is 2. The van der Waals surface area contributed by atoms with E-state index in [1.165, 1.54) is 16.6 Å². The molecule has 0 fully saturated rings. The minimum Gasteiger partial charge on any atom is -0.366 e. The van der Waals surface area contributed by atoms with Gasteiger partial charge < -0.3 is 5.73 Å².